The minimum atomic E-state index is -2.77. The van der Waals surface area contributed by atoms with Gasteiger partial charge in [-0.3, -0.25) is 0 Å². The molecule has 0 radical (unpaired) electrons. The number of halogens is 3. The van der Waals surface area contributed by atoms with E-state index in [-0.39, 0.29) is 5.15 Å². The van der Waals surface area contributed by atoms with E-state index < -0.39 is 12.5 Å². The molecule has 1 N–H and O–H groups in total. The molecule has 0 amide bonds. The number of hydrogen-bond acceptors (Lipinski definition) is 3. The Kier molecular flexibility index (Phi) is 3.21. The predicted molar refractivity (Wildman–Crippen MR) is 50.9 cm³/mol. The molecule has 0 saturated carbocycles. The van der Waals surface area contributed by atoms with Crippen LogP contribution in [0.25, 0.3) is 0 Å². The SMILES string of the molecule is Cc1nc(Cl)cc(NCC(C)(F)F)n1. The van der Waals surface area contributed by atoms with Crippen molar-refractivity contribution in [1.29, 1.82) is 0 Å². The van der Waals surface area contributed by atoms with Gasteiger partial charge in [0.1, 0.15) is 16.8 Å². The van der Waals surface area contributed by atoms with Crippen molar-refractivity contribution in [3.05, 3.63) is 17.0 Å². The number of hydrogen-bond donors (Lipinski definition) is 1. The van der Waals surface area contributed by atoms with Gasteiger partial charge in [0, 0.05) is 13.0 Å². The minimum Gasteiger partial charge on any atom is -0.364 e. The molecule has 1 aromatic heterocycles. The van der Waals surface area contributed by atoms with Crippen molar-refractivity contribution in [3.63, 3.8) is 0 Å². The third-order valence-electron chi connectivity index (χ3n) is 1.39. The van der Waals surface area contributed by atoms with Crippen LogP contribution in [0.3, 0.4) is 0 Å². The zero-order chi connectivity index (χ0) is 10.8. The summed E-state index contributed by atoms with van der Waals surface area (Å²) in [6.07, 6.45) is 0. The first-order valence-corrected chi connectivity index (χ1v) is 4.37. The Morgan fingerprint density at radius 3 is 2.64 bits per heavy atom. The molecule has 0 saturated heterocycles. The average molecular weight is 222 g/mol. The van der Waals surface area contributed by atoms with Crippen LogP contribution in [0.1, 0.15) is 12.7 Å². The van der Waals surface area contributed by atoms with E-state index >= 15 is 0 Å². The number of rotatable bonds is 3. The van der Waals surface area contributed by atoms with E-state index in [1.165, 1.54) is 6.07 Å². The van der Waals surface area contributed by atoms with Crippen molar-refractivity contribution in [1.82, 2.24) is 9.97 Å². The summed E-state index contributed by atoms with van der Waals surface area (Å²) in [6.45, 7) is 2.00. The van der Waals surface area contributed by atoms with Gasteiger partial charge < -0.3 is 5.32 Å². The molecule has 0 unspecified atom stereocenters. The summed E-state index contributed by atoms with van der Waals surface area (Å²) in [4.78, 5) is 7.70. The van der Waals surface area contributed by atoms with Crippen LogP contribution in [0.5, 0.6) is 0 Å². The maximum absolute atomic E-state index is 12.5. The van der Waals surface area contributed by atoms with Crippen LogP contribution in [0, 0.1) is 6.92 Å². The number of alkyl halides is 2. The van der Waals surface area contributed by atoms with Crippen LogP contribution < -0.4 is 5.32 Å². The second-order valence-corrected chi connectivity index (χ2v) is 3.43. The van der Waals surface area contributed by atoms with E-state index in [2.05, 4.69) is 15.3 Å². The number of aryl methyl sites for hydroxylation is 1. The van der Waals surface area contributed by atoms with E-state index in [1.807, 2.05) is 0 Å². The van der Waals surface area contributed by atoms with Gasteiger partial charge in [0.05, 0.1) is 6.54 Å². The number of nitrogens with one attached hydrogen (secondary N) is 1. The molecule has 0 aliphatic rings. The topological polar surface area (TPSA) is 37.8 Å². The van der Waals surface area contributed by atoms with Crippen LogP contribution in [0.2, 0.25) is 5.15 Å². The molecule has 0 aliphatic carbocycles. The van der Waals surface area contributed by atoms with Crippen LogP contribution >= 0.6 is 11.6 Å². The van der Waals surface area contributed by atoms with Gasteiger partial charge in [-0.25, -0.2) is 18.7 Å². The predicted octanol–water partition coefficient (Wildman–Crippen LogP) is 2.51. The third kappa shape index (κ3) is 3.83. The molecular formula is C8H10ClF2N3. The highest BCUT2D eigenvalue weighted by molar-refractivity contribution is 6.29. The van der Waals surface area contributed by atoms with Crippen molar-refractivity contribution < 1.29 is 8.78 Å². The van der Waals surface area contributed by atoms with Gasteiger partial charge in [-0.15, -0.1) is 0 Å². The first-order valence-electron chi connectivity index (χ1n) is 4.00. The minimum absolute atomic E-state index is 0.236. The molecule has 78 valence electrons. The lowest BCUT2D eigenvalue weighted by atomic mass is 10.4. The highest BCUT2D eigenvalue weighted by atomic mass is 35.5. The Morgan fingerprint density at radius 2 is 2.14 bits per heavy atom. The highest BCUT2D eigenvalue weighted by Crippen LogP contribution is 2.15. The van der Waals surface area contributed by atoms with Gasteiger partial charge in [0.2, 0.25) is 0 Å². The van der Waals surface area contributed by atoms with Gasteiger partial charge in [-0.1, -0.05) is 11.6 Å². The smallest absolute Gasteiger partial charge is 0.262 e. The van der Waals surface area contributed by atoms with Crippen molar-refractivity contribution in [2.24, 2.45) is 0 Å². The number of nitrogens with zero attached hydrogens (tertiary/aromatic N) is 2. The molecule has 1 aromatic rings. The van der Waals surface area contributed by atoms with Crippen LogP contribution in [0.4, 0.5) is 14.6 Å². The summed E-state index contributed by atoms with van der Waals surface area (Å²) in [5, 5.41) is 2.72. The summed E-state index contributed by atoms with van der Waals surface area (Å²) >= 11 is 5.62. The first kappa shape index (κ1) is 11.1. The molecule has 0 bridgehead atoms. The second-order valence-electron chi connectivity index (χ2n) is 3.05. The largest absolute Gasteiger partial charge is 0.364 e. The summed E-state index contributed by atoms with van der Waals surface area (Å²) in [5.41, 5.74) is 0. The first-order chi connectivity index (χ1) is 6.37. The fourth-order valence-corrected chi connectivity index (χ4v) is 1.09. The molecule has 0 spiro atoms. The van der Waals surface area contributed by atoms with Crippen molar-refractivity contribution in [2.75, 3.05) is 11.9 Å². The standard InChI is InChI=1S/C8H10ClF2N3/c1-5-13-6(9)3-7(14-5)12-4-8(2,10)11/h3H,4H2,1-2H3,(H,12,13,14). The molecule has 1 heterocycles. The molecule has 14 heavy (non-hydrogen) atoms. The fraction of sp³-hybridized carbons (Fsp3) is 0.500. The van der Waals surface area contributed by atoms with E-state index in [0.717, 1.165) is 6.92 Å². The molecular weight excluding hydrogens is 212 g/mol. The number of anilines is 1. The van der Waals surface area contributed by atoms with Crippen molar-refractivity contribution >= 4 is 17.4 Å². The molecule has 6 heteroatoms. The van der Waals surface area contributed by atoms with E-state index in [9.17, 15) is 8.78 Å². The second kappa shape index (κ2) is 4.04. The third-order valence-corrected chi connectivity index (χ3v) is 1.58. The van der Waals surface area contributed by atoms with Crippen molar-refractivity contribution in [2.45, 2.75) is 19.8 Å². The summed E-state index contributed by atoms with van der Waals surface area (Å²) in [6, 6.07) is 1.40. The molecule has 0 aliphatic heterocycles. The summed E-state index contributed by atoms with van der Waals surface area (Å²) in [5.74, 6) is -2.02. The van der Waals surface area contributed by atoms with Gasteiger partial charge in [-0.2, -0.15) is 0 Å². The maximum atomic E-state index is 12.5. The van der Waals surface area contributed by atoms with Gasteiger partial charge in [-0.05, 0) is 6.92 Å². The maximum Gasteiger partial charge on any atom is 0.262 e. The van der Waals surface area contributed by atoms with Gasteiger partial charge >= 0.3 is 0 Å². The van der Waals surface area contributed by atoms with E-state index in [1.54, 1.807) is 6.92 Å². The van der Waals surface area contributed by atoms with Crippen LogP contribution in [0.15, 0.2) is 6.07 Å². The van der Waals surface area contributed by atoms with Gasteiger partial charge in [0.25, 0.3) is 5.92 Å². The lowest BCUT2D eigenvalue weighted by molar-refractivity contribution is 0.0367. The highest BCUT2D eigenvalue weighted by Gasteiger charge is 2.20. The normalized spacial score (nSPS) is 11.5. The van der Waals surface area contributed by atoms with E-state index in [4.69, 9.17) is 11.6 Å². The quantitative estimate of drug-likeness (QED) is 0.797. The van der Waals surface area contributed by atoms with E-state index in [0.29, 0.717) is 11.6 Å². The molecule has 0 atom stereocenters. The average Bonchev–Trinajstić information content (AvgIpc) is 1.97. The molecule has 3 nitrogen and oxygen atoms in total. The number of aromatic nitrogens is 2. The Bertz CT molecular complexity index is 305. The molecule has 0 aromatic carbocycles. The fourth-order valence-electron chi connectivity index (χ4n) is 0.868. The zero-order valence-electron chi connectivity index (χ0n) is 7.81. The Labute approximate surface area is 85.5 Å². The van der Waals surface area contributed by atoms with Gasteiger partial charge in [0.15, 0.2) is 0 Å². The Morgan fingerprint density at radius 1 is 1.50 bits per heavy atom. The molecule has 1 rings (SSSR count). The monoisotopic (exact) mass is 221 g/mol. The summed E-state index contributed by atoms with van der Waals surface area (Å²) in [7, 11) is 0. The summed E-state index contributed by atoms with van der Waals surface area (Å²) < 4.78 is 24.9. The lowest BCUT2D eigenvalue weighted by Crippen LogP contribution is -2.23. The molecule has 0 fully saturated rings. The van der Waals surface area contributed by atoms with Crippen LogP contribution in [-0.2, 0) is 0 Å². The van der Waals surface area contributed by atoms with Crippen LogP contribution in [-0.4, -0.2) is 22.4 Å². The Balaban J connectivity index is 2.68. The Hall–Kier alpha value is -0.970. The van der Waals surface area contributed by atoms with Crippen molar-refractivity contribution in [3.8, 4) is 0 Å². The lowest BCUT2D eigenvalue weighted by Gasteiger charge is -2.11. The zero-order valence-corrected chi connectivity index (χ0v) is 8.57.